The molecule has 0 saturated heterocycles. The first-order valence-corrected chi connectivity index (χ1v) is 15.9. The van der Waals surface area contributed by atoms with E-state index in [-0.39, 0.29) is 12.5 Å². The van der Waals surface area contributed by atoms with Gasteiger partial charge in [-0.1, -0.05) is 84.9 Å². The van der Waals surface area contributed by atoms with Crippen molar-refractivity contribution in [3.8, 4) is 23.0 Å². The number of nitrogens with zero attached hydrogens (tertiary/aromatic N) is 1. The molecule has 0 radical (unpaired) electrons. The van der Waals surface area contributed by atoms with Crippen molar-refractivity contribution in [3.63, 3.8) is 0 Å². The SMILES string of the molecule is COc1ccc(C(CCN(Cc2ccccc2)C[C@H](O)COc2ccc(OCc3ccccc3)c(N)c2)c2ccc(OC)cc2)cc1. The van der Waals surface area contributed by atoms with Gasteiger partial charge in [-0.25, -0.2) is 0 Å². The summed E-state index contributed by atoms with van der Waals surface area (Å²) >= 11 is 0. The van der Waals surface area contributed by atoms with E-state index in [0.29, 0.717) is 36.9 Å². The number of nitrogens with two attached hydrogens (primary N) is 1. The molecule has 1 atom stereocenters. The number of hydrogen-bond acceptors (Lipinski definition) is 7. The van der Waals surface area contributed by atoms with Crippen molar-refractivity contribution in [2.24, 2.45) is 0 Å². The Morgan fingerprint density at radius 1 is 0.660 bits per heavy atom. The molecule has 0 heterocycles. The predicted molar refractivity (Wildman–Crippen MR) is 187 cm³/mol. The van der Waals surface area contributed by atoms with Crippen LogP contribution >= 0.6 is 0 Å². The van der Waals surface area contributed by atoms with E-state index < -0.39 is 6.10 Å². The molecule has 0 aromatic heterocycles. The van der Waals surface area contributed by atoms with Crippen LogP contribution in [0.4, 0.5) is 5.69 Å². The van der Waals surface area contributed by atoms with Crippen LogP contribution in [0.15, 0.2) is 127 Å². The number of nitrogen functional groups attached to an aromatic ring is 1. The highest BCUT2D eigenvalue weighted by Crippen LogP contribution is 2.31. The lowest BCUT2D eigenvalue weighted by Crippen LogP contribution is -2.36. The van der Waals surface area contributed by atoms with Gasteiger partial charge in [-0.3, -0.25) is 4.90 Å². The van der Waals surface area contributed by atoms with Crippen molar-refractivity contribution in [1.29, 1.82) is 0 Å². The van der Waals surface area contributed by atoms with Gasteiger partial charge in [0.25, 0.3) is 0 Å². The summed E-state index contributed by atoms with van der Waals surface area (Å²) in [6.45, 7) is 2.47. The second-order valence-corrected chi connectivity index (χ2v) is 11.5. The van der Waals surface area contributed by atoms with E-state index in [1.54, 1.807) is 26.4 Å². The van der Waals surface area contributed by atoms with E-state index in [2.05, 4.69) is 41.3 Å². The van der Waals surface area contributed by atoms with Crippen LogP contribution < -0.4 is 24.7 Å². The number of methoxy groups -OCH3 is 2. The highest BCUT2D eigenvalue weighted by Gasteiger charge is 2.19. The number of rotatable bonds is 17. The highest BCUT2D eigenvalue weighted by atomic mass is 16.5. The predicted octanol–water partition coefficient (Wildman–Crippen LogP) is 7.33. The van der Waals surface area contributed by atoms with Gasteiger partial charge in [-0.2, -0.15) is 0 Å². The minimum Gasteiger partial charge on any atom is -0.497 e. The smallest absolute Gasteiger partial charge is 0.142 e. The third kappa shape index (κ3) is 10.0. The van der Waals surface area contributed by atoms with E-state index in [4.69, 9.17) is 24.7 Å². The van der Waals surface area contributed by atoms with Crippen molar-refractivity contribution >= 4 is 5.69 Å². The first-order chi connectivity index (χ1) is 23.0. The molecule has 0 aliphatic carbocycles. The summed E-state index contributed by atoms with van der Waals surface area (Å²) in [4.78, 5) is 2.29. The molecule has 0 spiro atoms. The van der Waals surface area contributed by atoms with Gasteiger partial charge in [0, 0.05) is 25.1 Å². The zero-order valence-electron chi connectivity index (χ0n) is 27.1. The fraction of sp³-hybridized carbons (Fsp3) is 0.250. The Labute approximate surface area is 278 Å². The Bertz CT molecular complexity index is 1580. The van der Waals surface area contributed by atoms with Crippen molar-refractivity contribution in [2.45, 2.75) is 31.6 Å². The molecule has 0 aliphatic heterocycles. The average molecular weight is 633 g/mol. The molecule has 7 heteroatoms. The maximum atomic E-state index is 11.2. The van der Waals surface area contributed by atoms with Crippen LogP contribution in [0, 0.1) is 0 Å². The number of anilines is 1. The van der Waals surface area contributed by atoms with Crippen LogP contribution in [0.3, 0.4) is 0 Å². The summed E-state index contributed by atoms with van der Waals surface area (Å²) in [5.41, 5.74) is 11.4. The zero-order chi connectivity index (χ0) is 32.8. The summed E-state index contributed by atoms with van der Waals surface area (Å²) < 4.78 is 22.7. The van der Waals surface area contributed by atoms with E-state index >= 15 is 0 Å². The summed E-state index contributed by atoms with van der Waals surface area (Å²) in [7, 11) is 3.36. The monoisotopic (exact) mass is 632 g/mol. The second kappa shape index (κ2) is 17.1. The van der Waals surface area contributed by atoms with E-state index in [1.165, 1.54) is 16.7 Å². The van der Waals surface area contributed by atoms with E-state index in [9.17, 15) is 5.11 Å². The molecule has 244 valence electrons. The Morgan fingerprint density at radius 3 is 1.77 bits per heavy atom. The second-order valence-electron chi connectivity index (χ2n) is 11.5. The molecule has 47 heavy (non-hydrogen) atoms. The summed E-state index contributed by atoms with van der Waals surface area (Å²) in [6, 6.07) is 42.2. The van der Waals surface area contributed by atoms with Gasteiger partial charge >= 0.3 is 0 Å². The van der Waals surface area contributed by atoms with Crippen molar-refractivity contribution < 1.29 is 24.1 Å². The molecule has 5 aromatic rings. The van der Waals surface area contributed by atoms with Gasteiger partial charge in [0.15, 0.2) is 0 Å². The third-order valence-electron chi connectivity index (χ3n) is 8.15. The minimum atomic E-state index is -0.714. The molecule has 5 rings (SSSR count). The molecular formula is C40H44N2O5. The van der Waals surface area contributed by atoms with Crippen LogP contribution in [0.1, 0.15) is 34.6 Å². The van der Waals surface area contributed by atoms with Gasteiger partial charge in [-0.05, 0) is 71.6 Å². The lowest BCUT2D eigenvalue weighted by atomic mass is 9.88. The Kier molecular flexibility index (Phi) is 12.1. The lowest BCUT2D eigenvalue weighted by Gasteiger charge is -2.28. The number of aliphatic hydroxyl groups is 1. The number of benzene rings is 5. The molecule has 0 aliphatic rings. The summed E-state index contributed by atoms with van der Waals surface area (Å²) in [5, 5.41) is 11.2. The first-order valence-electron chi connectivity index (χ1n) is 15.9. The average Bonchev–Trinajstić information content (AvgIpc) is 3.11. The molecule has 0 saturated carbocycles. The Morgan fingerprint density at radius 2 is 1.21 bits per heavy atom. The largest absolute Gasteiger partial charge is 0.497 e. The minimum absolute atomic E-state index is 0.134. The molecule has 5 aromatic carbocycles. The maximum Gasteiger partial charge on any atom is 0.142 e. The van der Waals surface area contributed by atoms with Gasteiger partial charge in [0.1, 0.15) is 42.3 Å². The van der Waals surface area contributed by atoms with Crippen LogP contribution in [0.25, 0.3) is 0 Å². The molecule has 3 N–H and O–H groups in total. The topological polar surface area (TPSA) is 86.4 Å². The summed E-state index contributed by atoms with van der Waals surface area (Å²) in [6.07, 6.45) is 0.134. The number of aliphatic hydroxyl groups excluding tert-OH is 1. The lowest BCUT2D eigenvalue weighted by molar-refractivity contribution is 0.0647. The van der Waals surface area contributed by atoms with Crippen LogP contribution in [0.5, 0.6) is 23.0 Å². The fourth-order valence-corrected chi connectivity index (χ4v) is 5.61. The van der Waals surface area contributed by atoms with Crippen LogP contribution in [-0.2, 0) is 13.2 Å². The van der Waals surface area contributed by atoms with Crippen molar-refractivity contribution in [1.82, 2.24) is 4.90 Å². The van der Waals surface area contributed by atoms with Crippen LogP contribution in [-0.4, -0.2) is 50.0 Å². The Hall–Kier alpha value is -4.98. The standard InChI is InChI=1S/C40H44N2O5/c1-44-35-17-13-32(14-18-35)38(33-15-19-36(45-2)20-16-33)23-24-42(26-30-9-5-3-6-10-30)27-34(43)29-46-37-21-22-40(39(41)25-37)47-28-31-11-7-4-8-12-31/h3-22,25,34,38,43H,23-24,26-29,41H2,1-2H3/t34-/m0/s1. The van der Waals surface area contributed by atoms with Crippen LogP contribution in [0.2, 0.25) is 0 Å². The number of ether oxygens (including phenoxy) is 4. The van der Waals surface area contributed by atoms with E-state index in [0.717, 1.165) is 30.0 Å². The van der Waals surface area contributed by atoms with Gasteiger partial charge < -0.3 is 29.8 Å². The molecule has 0 unspecified atom stereocenters. The first kappa shape index (κ1) is 33.4. The van der Waals surface area contributed by atoms with E-state index in [1.807, 2.05) is 78.9 Å². The third-order valence-corrected chi connectivity index (χ3v) is 8.15. The Balaban J connectivity index is 1.24. The molecular weight excluding hydrogens is 588 g/mol. The molecule has 7 nitrogen and oxygen atoms in total. The van der Waals surface area contributed by atoms with Gasteiger partial charge in [0.2, 0.25) is 0 Å². The van der Waals surface area contributed by atoms with Gasteiger partial charge in [-0.15, -0.1) is 0 Å². The van der Waals surface area contributed by atoms with Crippen molar-refractivity contribution in [2.75, 3.05) is 39.6 Å². The zero-order valence-corrected chi connectivity index (χ0v) is 27.1. The van der Waals surface area contributed by atoms with Crippen molar-refractivity contribution in [3.05, 3.63) is 150 Å². The maximum absolute atomic E-state index is 11.2. The number of hydrogen-bond donors (Lipinski definition) is 2. The molecule has 0 bridgehead atoms. The molecule has 0 fully saturated rings. The van der Waals surface area contributed by atoms with Gasteiger partial charge in [0.05, 0.1) is 19.9 Å². The molecule has 0 amide bonds. The fourth-order valence-electron chi connectivity index (χ4n) is 5.61. The quantitative estimate of drug-likeness (QED) is 0.104. The highest BCUT2D eigenvalue weighted by molar-refractivity contribution is 5.56. The normalized spacial score (nSPS) is 11.8. The summed E-state index contributed by atoms with van der Waals surface area (Å²) in [5.74, 6) is 2.98.